The number of aliphatic hydroxyl groups is 1. The van der Waals surface area contributed by atoms with Crippen LogP contribution < -0.4 is 5.32 Å². The van der Waals surface area contributed by atoms with E-state index < -0.39 is 6.10 Å². The molecule has 2 unspecified atom stereocenters. The van der Waals surface area contributed by atoms with Gasteiger partial charge in [-0.2, -0.15) is 0 Å². The summed E-state index contributed by atoms with van der Waals surface area (Å²) in [7, 11) is 1.90. The number of fused-ring (bicyclic) bond motifs is 1. The molecule has 0 fully saturated rings. The van der Waals surface area contributed by atoms with E-state index in [1.807, 2.05) is 37.4 Å². The van der Waals surface area contributed by atoms with E-state index in [9.17, 15) is 5.11 Å². The molecule has 3 rings (SSSR count). The number of nitrogens with one attached hydrogen (secondary N) is 1. The molecule has 3 nitrogen and oxygen atoms in total. The number of benzene rings is 2. The molecular weight excluding hydrogens is 272 g/mol. The number of aromatic nitrogens is 1. The summed E-state index contributed by atoms with van der Waals surface area (Å²) in [6.07, 6.45) is 1.09. The first-order valence-electron chi connectivity index (χ1n) is 7.52. The van der Waals surface area contributed by atoms with Gasteiger partial charge in [-0.3, -0.25) is 4.98 Å². The Balaban J connectivity index is 1.98. The van der Waals surface area contributed by atoms with Crippen LogP contribution in [0.5, 0.6) is 0 Å². The van der Waals surface area contributed by atoms with Crippen molar-refractivity contribution in [1.82, 2.24) is 10.3 Å². The van der Waals surface area contributed by atoms with Gasteiger partial charge in [0.1, 0.15) is 6.10 Å². The molecule has 1 heterocycles. The van der Waals surface area contributed by atoms with E-state index in [2.05, 4.69) is 40.6 Å². The van der Waals surface area contributed by atoms with Crippen LogP contribution in [-0.4, -0.2) is 23.7 Å². The molecule has 0 aliphatic carbocycles. The number of pyridine rings is 1. The lowest BCUT2D eigenvalue weighted by Crippen LogP contribution is -2.23. The first-order chi connectivity index (χ1) is 10.8. The molecule has 0 bridgehead atoms. The predicted molar refractivity (Wildman–Crippen MR) is 89.8 cm³/mol. The van der Waals surface area contributed by atoms with Gasteiger partial charge in [-0.05, 0) is 35.5 Å². The minimum absolute atomic E-state index is 0.0375. The van der Waals surface area contributed by atoms with Crippen molar-refractivity contribution in [2.45, 2.75) is 12.0 Å². The smallest absolute Gasteiger partial charge is 0.104 e. The van der Waals surface area contributed by atoms with Crippen LogP contribution in [0.1, 0.15) is 23.3 Å². The highest BCUT2D eigenvalue weighted by Gasteiger charge is 2.23. The van der Waals surface area contributed by atoms with Crippen LogP contribution in [0.3, 0.4) is 0 Å². The number of hydrogen-bond donors (Lipinski definition) is 2. The Morgan fingerprint density at radius 3 is 2.50 bits per heavy atom. The lowest BCUT2D eigenvalue weighted by atomic mass is 9.89. The predicted octanol–water partition coefficient (Wildman–Crippen LogP) is 3.27. The summed E-state index contributed by atoms with van der Waals surface area (Å²) < 4.78 is 0. The molecule has 0 aliphatic rings. The van der Waals surface area contributed by atoms with Crippen molar-refractivity contribution in [1.29, 1.82) is 0 Å². The van der Waals surface area contributed by atoms with E-state index in [-0.39, 0.29) is 5.92 Å². The standard InChI is InChI=1S/C19H20N2O/c1-20-13-17(19(22)18-8-4-5-11-21-18)16-10-9-14-6-2-3-7-15(14)12-16/h2-12,17,19-20,22H,13H2,1H3. The van der Waals surface area contributed by atoms with E-state index in [0.717, 1.165) is 5.56 Å². The van der Waals surface area contributed by atoms with E-state index in [1.54, 1.807) is 6.20 Å². The first-order valence-corrected chi connectivity index (χ1v) is 7.52. The van der Waals surface area contributed by atoms with E-state index in [1.165, 1.54) is 10.8 Å². The number of hydrogen-bond acceptors (Lipinski definition) is 3. The molecule has 2 aromatic carbocycles. The van der Waals surface area contributed by atoms with E-state index in [4.69, 9.17) is 0 Å². The number of rotatable bonds is 5. The van der Waals surface area contributed by atoms with Crippen molar-refractivity contribution < 1.29 is 5.11 Å². The Morgan fingerprint density at radius 2 is 1.77 bits per heavy atom. The first kappa shape index (κ1) is 14.7. The van der Waals surface area contributed by atoms with Crippen LogP contribution >= 0.6 is 0 Å². The molecule has 1 aromatic heterocycles. The molecular formula is C19H20N2O. The van der Waals surface area contributed by atoms with Gasteiger partial charge in [0.15, 0.2) is 0 Å². The second-order valence-electron chi connectivity index (χ2n) is 5.47. The fourth-order valence-corrected chi connectivity index (χ4v) is 2.83. The van der Waals surface area contributed by atoms with Crippen molar-refractivity contribution in [3.05, 3.63) is 78.1 Å². The summed E-state index contributed by atoms with van der Waals surface area (Å²) in [6.45, 7) is 0.691. The summed E-state index contributed by atoms with van der Waals surface area (Å²) in [5.41, 5.74) is 1.82. The molecule has 0 saturated heterocycles. The maximum absolute atomic E-state index is 10.7. The summed E-state index contributed by atoms with van der Waals surface area (Å²) in [5, 5.41) is 16.3. The topological polar surface area (TPSA) is 45.1 Å². The van der Waals surface area contributed by atoms with Crippen LogP contribution in [0.15, 0.2) is 66.9 Å². The molecule has 0 saturated carbocycles. The third-order valence-electron chi connectivity index (χ3n) is 4.00. The highest BCUT2D eigenvalue weighted by molar-refractivity contribution is 5.83. The van der Waals surface area contributed by atoms with Crippen molar-refractivity contribution >= 4 is 10.8 Å². The zero-order valence-electron chi connectivity index (χ0n) is 12.6. The maximum atomic E-state index is 10.7. The molecule has 0 spiro atoms. The zero-order valence-corrected chi connectivity index (χ0v) is 12.6. The van der Waals surface area contributed by atoms with Crippen molar-refractivity contribution in [3.8, 4) is 0 Å². The van der Waals surface area contributed by atoms with Gasteiger partial charge in [0.05, 0.1) is 5.69 Å². The third-order valence-corrected chi connectivity index (χ3v) is 4.00. The summed E-state index contributed by atoms with van der Waals surface area (Å²) >= 11 is 0. The average molecular weight is 292 g/mol. The maximum Gasteiger partial charge on any atom is 0.104 e. The van der Waals surface area contributed by atoms with Gasteiger partial charge in [-0.15, -0.1) is 0 Å². The summed E-state index contributed by atoms with van der Waals surface area (Å²) in [5.74, 6) is -0.0375. The van der Waals surface area contributed by atoms with Gasteiger partial charge in [-0.1, -0.05) is 48.5 Å². The Morgan fingerprint density at radius 1 is 1.00 bits per heavy atom. The van der Waals surface area contributed by atoms with Crippen LogP contribution in [0, 0.1) is 0 Å². The van der Waals surface area contributed by atoms with Gasteiger partial charge in [-0.25, -0.2) is 0 Å². The largest absolute Gasteiger partial charge is 0.386 e. The van der Waals surface area contributed by atoms with Crippen molar-refractivity contribution in [2.75, 3.05) is 13.6 Å². The number of aliphatic hydroxyl groups excluding tert-OH is 1. The van der Waals surface area contributed by atoms with Crippen molar-refractivity contribution in [3.63, 3.8) is 0 Å². The SMILES string of the molecule is CNCC(c1ccc2ccccc2c1)C(O)c1ccccn1. The zero-order chi connectivity index (χ0) is 15.4. The normalized spacial score (nSPS) is 13.9. The third kappa shape index (κ3) is 3.01. The van der Waals surface area contributed by atoms with Gasteiger partial charge in [0.2, 0.25) is 0 Å². The molecule has 0 aliphatic heterocycles. The van der Waals surface area contributed by atoms with Gasteiger partial charge in [0, 0.05) is 18.7 Å². The van der Waals surface area contributed by atoms with Crippen molar-refractivity contribution in [2.24, 2.45) is 0 Å². The van der Waals surface area contributed by atoms with Gasteiger partial charge < -0.3 is 10.4 Å². The lowest BCUT2D eigenvalue weighted by molar-refractivity contribution is 0.140. The second kappa shape index (κ2) is 6.69. The van der Waals surface area contributed by atoms with Crippen LogP contribution in [-0.2, 0) is 0 Å². The second-order valence-corrected chi connectivity index (χ2v) is 5.47. The summed E-state index contributed by atoms with van der Waals surface area (Å²) in [4.78, 5) is 4.29. The van der Waals surface area contributed by atoms with E-state index >= 15 is 0 Å². The highest BCUT2D eigenvalue weighted by Crippen LogP contribution is 2.31. The molecule has 0 amide bonds. The Kier molecular flexibility index (Phi) is 4.47. The molecule has 0 radical (unpaired) electrons. The van der Waals surface area contributed by atoms with Gasteiger partial charge in [0.25, 0.3) is 0 Å². The Labute approximate surface area is 130 Å². The molecule has 22 heavy (non-hydrogen) atoms. The molecule has 2 N–H and O–H groups in total. The molecule has 3 aromatic rings. The minimum Gasteiger partial charge on any atom is -0.386 e. The number of nitrogens with zero attached hydrogens (tertiary/aromatic N) is 1. The quantitative estimate of drug-likeness (QED) is 0.758. The Hall–Kier alpha value is -2.23. The highest BCUT2D eigenvalue weighted by atomic mass is 16.3. The molecule has 3 heteroatoms. The lowest BCUT2D eigenvalue weighted by Gasteiger charge is -2.23. The van der Waals surface area contributed by atoms with Crippen LogP contribution in [0.4, 0.5) is 0 Å². The van der Waals surface area contributed by atoms with E-state index in [0.29, 0.717) is 12.2 Å². The molecule has 2 atom stereocenters. The van der Waals surface area contributed by atoms with Crippen LogP contribution in [0.25, 0.3) is 10.8 Å². The fourth-order valence-electron chi connectivity index (χ4n) is 2.83. The minimum atomic E-state index is -0.630. The van der Waals surface area contributed by atoms with Crippen LogP contribution in [0.2, 0.25) is 0 Å². The Bertz CT molecular complexity index is 743. The molecule has 112 valence electrons. The van der Waals surface area contributed by atoms with Gasteiger partial charge >= 0.3 is 0 Å². The monoisotopic (exact) mass is 292 g/mol. The summed E-state index contributed by atoms with van der Waals surface area (Å²) in [6, 6.07) is 20.3. The number of likely N-dealkylation sites (N-methyl/N-ethyl adjacent to an activating group) is 1. The average Bonchev–Trinajstić information content (AvgIpc) is 2.59. The fraction of sp³-hybridized carbons (Fsp3) is 0.211.